The molecule has 2 aliphatic rings. The number of carboxylic acids is 1. The Morgan fingerprint density at radius 3 is 2.66 bits per heavy atom. The molecular weight excluding hydrogens is 406 g/mol. The lowest BCUT2D eigenvalue weighted by Gasteiger charge is -2.37. The third kappa shape index (κ3) is 3.42. The van der Waals surface area contributed by atoms with E-state index in [0.717, 1.165) is 35.2 Å². The number of aliphatic carboxylic acids is 1. The van der Waals surface area contributed by atoms with Gasteiger partial charge in [0.2, 0.25) is 0 Å². The van der Waals surface area contributed by atoms with Crippen molar-refractivity contribution in [2.75, 3.05) is 29.9 Å². The van der Waals surface area contributed by atoms with E-state index in [0.29, 0.717) is 47.4 Å². The van der Waals surface area contributed by atoms with Gasteiger partial charge in [0.1, 0.15) is 5.52 Å². The number of carbonyl (C=O) groups is 2. The molecule has 1 aromatic heterocycles. The minimum Gasteiger partial charge on any atom is -0.481 e. The summed E-state index contributed by atoms with van der Waals surface area (Å²) in [6, 6.07) is 9.45. The Balaban J connectivity index is 1.66. The fourth-order valence-electron chi connectivity index (χ4n) is 5.25. The molecule has 32 heavy (non-hydrogen) atoms. The summed E-state index contributed by atoms with van der Waals surface area (Å²) in [6.45, 7) is 6.83. The van der Waals surface area contributed by atoms with E-state index in [1.165, 1.54) is 6.42 Å². The van der Waals surface area contributed by atoms with Crippen LogP contribution in [0.1, 0.15) is 49.0 Å². The zero-order chi connectivity index (χ0) is 22.4. The number of hydrogen-bond acceptors (Lipinski definition) is 6. The van der Waals surface area contributed by atoms with Gasteiger partial charge in [-0.05, 0) is 30.7 Å². The number of aromatic nitrogens is 1. The fraction of sp³-hybridized carbons (Fsp3) is 0.400. The third-order valence-corrected chi connectivity index (χ3v) is 6.47. The van der Waals surface area contributed by atoms with Gasteiger partial charge in [-0.3, -0.25) is 9.59 Å². The van der Waals surface area contributed by atoms with Crippen molar-refractivity contribution in [2.24, 2.45) is 11.8 Å². The molecule has 1 fully saturated rings. The quantitative estimate of drug-likeness (QED) is 0.422. The molecule has 0 amide bonds. The number of carbonyl (C=O) groups excluding carboxylic acids is 1. The molecule has 0 radical (unpaired) electrons. The van der Waals surface area contributed by atoms with Crippen molar-refractivity contribution in [3.05, 3.63) is 41.5 Å². The molecular formula is C25H27N3O4. The monoisotopic (exact) mass is 433 g/mol. The first-order chi connectivity index (χ1) is 15.4. The molecule has 1 aliphatic carbocycles. The average molecular weight is 434 g/mol. The largest absolute Gasteiger partial charge is 0.481 e. The zero-order valence-corrected chi connectivity index (χ0v) is 18.4. The maximum absolute atomic E-state index is 13.5. The van der Waals surface area contributed by atoms with Gasteiger partial charge in [0, 0.05) is 42.9 Å². The van der Waals surface area contributed by atoms with E-state index in [9.17, 15) is 9.59 Å². The molecule has 2 atom stereocenters. The summed E-state index contributed by atoms with van der Waals surface area (Å²) in [7, 11) is 0. The summed E-state index contributed by atoms with van der Waals surface area (Å²) in [5.74, 6) is 0.851. The van der Waals surface area contributed by atoms with Gasteiger partial charge in [-0.2, -0.15) is 0 Å². The van der Waals surface area contributed by atoms with Crippen molar-refractivity contribution in [1.29, 1.82) is 0 Å². The number of hydrogen-bond donors (Lipinski definition) is 2. The van der Waals surface area contributed by atoms with Crippen molar-refractivity contribution in [3.8, 4) is 11.3 Å². The molecule has 5 rings (SSSR count). The maximum Gasteiger partial charge on any atom is 0.303 e. The highest BCUT2D eigenvalue weighted by Gasteiger charge is 2.34. The van der Waals surface area contributed by atoms with Crippen LogP contribution in [0.25, 0.3) is 22.2 Å². The van der Waals surface area contributed by atoms with Gasteiger partial charge in [0.15, 0.2) is 11.5 Å². The van der Waals surface area contributed by atoms with Crippen LogP contribution in [0.2, 0.25) is 0 Å². The molecule has 0 bridgehead atoms. The molecule has 0 unspecified atom stereocenters. The SMILES string of the molecule is C[C@@H]1C[C@H](C)CN(c2cc(NCCCC(=O)O)c3c4c(onc24)-c2ccccc2C3=O)C1. The summed E-state index contributed by atoms with van der Waals surface area (Å²) in [5, 5.41) is 17.5. The first kappa shape index (κ1) is 20.5. The molecule has 0 saturated carbocycles. The van der Waals surface area contributed by atoms with Crippen molar-refractivity contribution in [1.82, 2.24) is 5.16 Å². The average Bonchev–Trinajstić information content (AvgIpc) is 3.19. The molecule has 7 heteroatoms. The Morgan fingerprint density at radius 1 is 1.22 bits per heavy atom. The van der Waals surface area contributed by atoms with Gasteiger partial charge in [0.25, 0.3) is 0 Å². The number of nitrogens with zero attached hydrogens (tertiary/aromatic N) is 2. The molecule has 1 aliphatic heterocycles. The number of anilines is 2. The molecule has 0 spiro atoms. The molecule has 2 N–H and O–H groups in total. The lowest BCUT2D eigenvalue weighted by Crippen LogP contribution is -2.39. The van der Waals surface area contributed by atoms with Crippen LogP contribution in [-0.2, 0) is 4.79 Å². The third-order valence-electron chi connectivity index (χ3n) is 6.47. The lowest BCUT2D eigenvalue weighted by molar-refractivity contribution is -0.137. The smallest absolute Gasteiger partial charge is 0.303 e. The molecule has 3 aromatic rings. The van der Waals surface area contributed by atoms with Crippen molar-refractivity contribution < 1.29 is 19.2 Å². The number of benzene rings is 2. The second-order valence-electron chi connectivity index (χ2n) is 9.20. The van der Waals surface area contributed by atoms with Gasteiger partial charge >= 0.3 is 5.97 Å². The normalized spacial score (nSPS) is 19.8. The standard InChI is InChI=1S/C25H27N3O4/c1-14-10-15(2)13-28(12-14)19-11-18(26-9-5-8-20(29)30)21-22-23(19)27-32-25(22)17-7-4-3-6-16(17)24(21)31/h3-4,6-7,11,14-15,26H,5,8-10,12-13H2,1-2H3,(H,29,30)/t14-,15+. The van der Waals surface area contributed by atoms with Crippen molar-refractivity contribution >= 4 is 34.0 Å². The highest BCUT2D eigenvalue weighted by molar-refractivity contribution is 6.28. The van der Waals surface area contributed by atoms with Crippen LogP contribution in [0, 0.1) is 11.8 Å². The van der Waals surface area contributed by atoms with Crippen LogP contribution in [0.15, 0.2) is 34.9 Å². The molecule has 2 aromatic carbocycles. The van der Waals surface area contributed by atoms with Crippen LogP contribution in [0.5, 0.6) is 0 Å². The highest BCUT2D eigenvalue weighted by atomic mass is 16.5. The van der Waals surface area contributed by atoms with Gasteiger partial charge < -0.3 is 19.8 Å². The van der Waals surface area contributed by atoms with Crippen molar-refractivity contribution in [3.63, 3.8) is 0 Å². The number of nitrogens with one attached hydrogen (secondary N) is 1. The van der Waals surface area contributed by atoms with Gasteiger partial charge in [-0.15, -0.1) is 0 Å². The van der Waals surface area contributed by atoms with Crippen LogP contribution in [0.4, 0.5) is 11.4 Å². The minimum absolute atomic E-state index is 0.0611. The Labute approximate surface area is 186 Å². The van der Waals surface area contributed by atoms with Gasteiger partial charge in [-0.25, -0.2) is 0 Å². The summed E-state index contributed by atoms with van der Waals surface area (Å²) >= 11 is 0. The second kappa shape index (κ2) is 7.97. The topological polar surface area (TPSA) is 95.7 Å². The first-order valence-electron chi connectivity index (χ1n) is 11.2. The van der Waals surface area contributed by atoms with E-state index in [1.807, 2.05) is 30.3 Å². The van der Waals surface area contributed by atoms with Crippen molar-refractivity contribution in [2.45, 2.75) is 33.1 Å². The van der Waals surface area contributed by atoms with Gasteiger partial charge in [-0.1, -0.05) is 43.3 Å². The minimum atomic E-state index is -0.827. The second-order valence-corrected chi connectivity index (χ2v) is 9.20. The first-order valence-corrected chi connectivity index (χ1v) is 11.2. The molecule has 166 valence electrons. The Hall–Kier alpha value is -3.35. The highest BCUT2D eigenvalue weighted by Crippen LogP contribution is 2.46. The van der Waals surface area contributed by atoms with E-state index in [-0.39, 0.29) is 12.2 Å². The Morgan fingerprint density at radius 2 is 1.94 bits per heavy atom. The predicted octanol–water partition coefficient (Wildman–Crippen LogP) is 4.80. The van der Waals surface area contributed by atoms with Crippen LogP contribution in [-0.4, -0.2) is 41.7 Å². The van der Waals surface area contributed by atoms with E-state index in [1.54, 1.807) is 0 Å². The summed E-state index contributed by atoms with van der Waals surface area (Å²) < 4.78 is 5.83. The number of ketones is 1. The molecule has 1 saturated heterocycles. The van der Waals surface area contributed by atoms with E-state index in [2.05, 4.69) is 29.2 Å². The van der Waals surface area contributed by atoms with Crippen LogP contribution >= 0.6 is 0 Å². The summed E-state index contributed by atoms with van der Waals surface area (Å²) in [4.78, 5) is 26.8. The number of fused-ring (bicyclic) bond motifs is 2. The Bertz CT molecular complexity index is 1210. The summed E-state index contributed by atoms with van der Waals surface area (Å²) in [6.07, 6.45) is 1.74. The van der Waals surface area contributed by atoms with Crippen LogP contribution < -0.4 is 10.2 Å². The molecule has 7 nitrogen and oxygen atoms in total. The maximum atomic E-state index is 13.5. The molecule has 2 heterocycles. The van der Waals surface area contributed by atoms with E-state index >= 15 is 0 Å². The van der Waals surface area contributed by atoms with Gasteiger partial charge in [0.05, 0.1) is 16.6 Å². The fourth-order valence-corrected chi connectivity index (χ4v) is 5.25. The summed E-state index contributed by atoms with van der Waals surface area (Å²) in [5.41, 5.74) is 4.32. The number of piperidine rings is 1. The number of rotatable bonds is 6. The zero-order valence-electron chi connectivity index (χ0n) is 18.4. The van der Waals surface area contributed by atoms with E-state index < -0.39 is 5.97 Å². The number of carboxylic acid groups (broad SMARTS) is 1. The van der Waals surface area contributed by atoms with Crippen LogP contribution in [0.3, 0.4) is 0 Å². The van der Waals surface area contributed by atoms with E-state index in [4.69, 9.17) is 9.63 Å². The Kier molecular flexibility index (Phi) is 5.12. The predicted molar refractivity (Wildman–Crippen MR) is 123 cm³/mol. The lowest BCUT2D eigenvalue weighted by atomic mass is 9.85.